The normalized spacial score (nSPS) is 12.2. The molecule has 7 heteroatoms. The number of fused-ring (bicyclic) bond motifs is 1. The van der Waals surface area contributed by atoms with Gasteiger partial charge in [-0.1, -0.05) is 50.2 Å². The molecule has 2 aromatic carbocycles. The summed E-state index contributed by atoms with van der Waals surface area (Å²) < 4.78 is 3.08. The molecule has 170 valence electrons. The largest absolute Gasteiger partial charge is 0.324 e. The molecular weight excluding hydrogens is 414 g/mol. The molecule has 1 amide bonds. The highest BCUT2D eigenvalue weighted by Gasteiger charge is 2.26. The van der Waals surface area contributed by atoms with Gasteiger partial charge in [-0.3, -0.25) is 9.59 Å². The molecule has 0 unspecified atom stereocenters. The number of hydrogen-bond donors (Lipinski definition) is 1. The van der Waals surface area contributed by atoms with Crippen molar-refractivity contribution in [3.63, 3.8) is 0 Å². The second-order valence-corrected chi connectivity index (χ2v) is 8.27. The number of aromatic nitrogens is 4. The Morgan fingerprint density at radius 3 is 2.39 bits per heavy atom. The predicted octanol–water partition coefficient (Wildman–Crippen LogP) is 4.66. The average molecular weight is 444 g/mol. The number of carbonyl (C=O) groups is 1. The molecule has 1 atom stereocenters. The number of nitrogens with zero attached hydrogens (tertiary/aromatic N) is 4. The molecule has 0 saturated carbocycles. The van der Waals surface area contributed by atoms with Crippen molar-refractivity contribution in [2.24, 2.45) is 0 Å². The predicted molar refractivity (Wildman–Crippen MR) is 131 cm³/mol. The van der Waals surface area contributed by atoms with Crippen LogP contribution in [0.25, 0.3) is 16.6 Å². The van der Waals surface area contributed by atoms with E-state index < -0.39 is 6.04 Å². The minimum atomic E-state index is -0.732. The van der Waals surface area contributed by atoms with Gasteiger partial charge >= 0.3 is 0 Å². The van der Waals surface area contributed by atoms with Crippen molar-refractivity contribution in [3.05, 3.63) is 81.4 Å². The van der Waals surface area contributed by atoms with Gasteiger partial charge in [0.25, 0.3) is 5.56 Å². The Morgan fingerprint density at radius 2 is 1.73 bits per heavy atom. The first-order valence-corrected chi connectivity index (χ1v) is 11.3. The van der Waals surface area contributed by atoms with Gasteiger partial charge in [0.05, 0.1) is 22.5 Å². The van der Waals surface area contributed by atoms with Crippen LogP contribution in [0.1, 0.15) is 48.8 Å². The number of aryl methyl sites for hydroxylation is 4. The molecular formula is C26H29N5O2. The highest BCUT2D eigenvalue weighted by Crippen LogP contribution is 2.24. The van der Waals surface area contributed by atoms with E-state index >= 15 is 0 Å². The molecule has 7 nitrogen and oxygen atoms in total. The third-order valence-corrected chi connectivity index (χ3v) is 6.11. The van der Waals surface area contributed by atoms with Crippen LogP contribution in [0.3, 0.4) is 0 Å². The zero-order valence-corrected chi connectivity index (χ0v) is 19.7. The summed E-state index contributed by atoms with van der Waals surface area (Å²) in [5.74, 6) is -0.247. The Hall–Kier alpha value is -3.74. The maximum Gasteiger partial charge on any atom is 0.278 e. The van der Waals surface area contributed by atoms with Crippen LogP contribution in [-0.4, -0.2) is 25.5 Å². The summed E-state index contributed by atoms with van der Waals surface area (Å²) in [5, 5.41) is 12.7. The summed E-state index contributed by atoms with van der Waals surface area (Å²) in [6, 6.07) is 14.9. The monoisotopic (exact) mass is 443 g/mol. The number of carbonyl (C=O) groups excluding carboxylic acids is 1. The van der Waals surface area contributed by atoms with Gasteiger partial charge in [-0.2, -0.15) is 10.2 Å². The Bertz CT molecular complexity index is 1390. The van der Waals surface area contributed by atoms with Crippen LogP contribution in [0.4, 0.5) is 5.69 Å². The maximum atomic E-state index is 13.6. The summed E-state index contributed by atoms with van der Waals surface area (Å²) >= 11 is 0. The lowest BCUT2D eigenvalue weighted by atomic mass is 10.1. The van der Waals surface area contributed by atoms with E-state index in [0.717, 1.165) is 34.6 Å². The molecule has 0 aliphatic rings. The van der Waals surface area contributed by atoms with Gasteiger partial charge in [-0.15, -0.1) is 0 Å². The first-order chi connectivity index (χ1) is 15.9. The molecule has 2 heterocycles. The Morgan fingerprint density at radius 1 is 1.00 bits per heavy atom. The van der Waals surface area contributed by atoms with E-state index in [1.54, 1.807) is 4.68 Å². The third kappa shape index (κ3) is 3.95. The fourth-order valence-electron chi connectivity index (χ4n) is 4.29. The Balaban J connectivity index is 1.80. The summed E-state index contributed by atoms with van der Waals surface area (Å²) in [7, 11) is 0. The zero-order valence-electron chi connectivity index (χ0n) is 19.7. The van der Waals surface area contributed by atoms with E-state index in [1.165, 1.54) is 4.68 Å². The molecule has 0 spiro atoms. The summed E-state index contributed by atoms with van der Waals surface area (Å²) in [4.78, 5) is 26.9. The molecule has 0 radical (unpaired) electrons. The molecule has 4 rings (SSSR count). The van der Waals surface area contributed by atoms with Crippen LogP contribution in [0.2, 0.25) is 0 Å². The number of anilines is 1. The van der Waals surface area contributed by atoms with Crippen molar-refractivity contribution in [2.75, 3.05) is 5.32 Å². The average Bonchev–Trinajstić information content (AvgIpc) is 3.17. The van der Waals surface area contributed by atoms with Gasteiger partial charge in [0.1, 0.15) is 11.6 Å². The SMILES string of the molecule is CCc1cccc(C)c1NC(=O)[C@H](CC)n1nc(C)c2nn(-c3ccccc3)c(C)c2c1=O. The second kappa shape index (κ2) is 9.02. The molecule has 33 heavy (non-hydrogen) atoms. The number of benzene rings is 2. The summed E-state index contributed by atoms with van der Waals surface area (Å²) in [6.07, 6.45) is 1.23. The van der Waals surface area contributed by atoms with Gasteiger partial charge < -0.3 is 5.32 Å². The lowest BCUT2D eigenvalue weighted by molar-refractivity contribution is -0.119. The fourth-order valence-corrected chi connectivity index (χ4v) is 4.29. The van der Waals surface area contributed by atoms with Gasteiger partial charge in [0.15, 0.2) is 0 Å². The van der Waals surface area contributed by atoms with Crippen molar-refractivity contribution in [1.82, 2.24) is 19.6 Å². The van der Waals surface area contributed by atoms with E-state index in [-0.39, 0.29) is 11.5 Å². The van der Waals surface area contributed by atoms with E-state index in [1.807, 2.05) is 76.2 Å². The topological polar surface area (TPSA) is 81.8 Å². The van der Waals surface area contributed by atoms with Crippen LogP contribution in [0.15, 0.2) is 53.3 Å². The lowest BCUT2D eigenvalue weighted by Crippen LogP contribution is -2.35. The molecule has 0 saturated heterocycles. The quantitative estimate of drug-likeness (QED) is 0.470. The molecule has 4 aromatic rings. The highest BCUT2D eigenvalue weighted by molar-refractivity contribution is 5.95. The molecule has 0 bridgehead atoms. The van der Waals surface area contributed by atoms with Crippen molar-refractivity contribution < 1.29 is 4.79 Å². The maximum absolute atomic E-state index is 13.6. The number of para-hydroxylation sites is 2. The number of rotatable bonds is 6. The van der Waals surface area contributed by atoms with Crippen molar-refractivity contribution in [1.29, 1.82) is 0 Å². The standard InChI is InChI=1S/C26H29N5O2/c1-6-19-13-11-12-16(3)23(19)27-25(32)21(7-2)31-26(33)22-18(5)30(20-14-9-8-10-15-20)29-24(22)17(4)28-31/h8-15,21H,6-7H2,1-5H3,(H,27,32)/t21-/m0/s1. The van der Waals surface area contributed by atoms with Crippen LogP contribution in [0.5, 0.6) is 0 Å². The highest BCUT2D eigenvalue weighted by atomic mass is 16.2. The van der Waals surface area contributed by atoms with E-state index in [9.17, 15) is 9.59 Å². The molecule has 0 aliphatic carbocycles. The van der Waals surface area contributed by atoms with Crippen LogP contribution >= 0.6 is 0 Å². The minimum absolute atomic E-state index is 0.247. The number of nitrogens with one attached hydrogen (secondary N) is 1. The summed E-state index contributed by atoms with van der Waals surface area (Å²) in [6.45, 7) is 9.60. The van der Waals surface area contributed by atoms with Gasteiger partial charge in [0.2, 0.25) is 5.91 Å². The third-order valence-electron chi connectivity index (χ3n) is 6.11. The van der Waals surface area contributed by atoms with Gasteiger partial charge in [-0.05, 0) is 56.9 Å². The summed E-state index contributed by atoms with van der Waals surface area (Å²) in [5.41, 5.74) is 5.31. The van der Waals surface area contributed by atoms with Crippen LogP contribution < -0.4 is 10.9 Å². The van der Waals surface area contributed by atoms with Crippen LogP contribution in [0, 0.1) is 20.8 Å². The lowest BCUT2D eigenvalue weighted by Gasteiger charge is -2.19. The van der Waals surface area contributed by atoms with E-state index in [0.29, 0.717) is 23.0 Å². The molecule has 1 N–H and O–H groups in total. The van der Waals surface area contributed by atoms with Gasteiger partial charge in [-0.25, -0.2) is 9.36 Å². The minimum Gasteiger partial charge on any atom is -0.324 e. The Kier molecular flexibility index (Phi) is 6.14. The van der Waals surface area contributed by atoms with Crippen LogP contribution in [-0.2, 0) is 11.2 Å². The van der Waals surface area contributed by atoms with E-state index in [4.69, 9.17) is 0 Å². The van der Waals surface area contributed by atoms with E-state index in [2.05, 4.69) is 22.4 Å². The van der Waals surface area contributed by atoms with Crippen molar-refractivity contribution in [2.45, 2.75) is 53.5 Å². The van der Waals surface area contributed by atoms with Crippen molar-refractivity contribution >= 4 is 22.5 Å². The molecule has 2 aromatic heterocycles. The zero-order chi connectivity index (χ0) is 23.7. The fraction of sp³-hybridized carbons (Fsp3) is 0.308. The second-order valence-electron chi connectivity index (χ2n) is 8.27. The first kappa shape index (κ1) is 22.5. The number of hydrogen-bond acceptors (Lipinski definition) is 4. The molecule has 0 aliphatic heterocycles. The first-order valence-electron chi connectivity index (χ1n) is 11.3. The van der Waals surface area contributed by atoms with Gasteiger partial charge in [0, 0.05) is 5.69 Å². The molecule has 0 fully saturated rings. The Labute approximate surface area is 193 Å². The smallest absolute Gasteiger partial charge is 0.278 e. The van der Waals surface area contributed by atoms with Crippen molar-refractivity contribution in [3.8, 4) is 5.69 Å². The number of amides is 1.